The SMILES string of the molecule is CSC1(C(=O)O)C=CC(c2ccccc2)=C(C)C1. The fraction of sp³-hybridized carbons (Fsp3) is 0.267. The molecular formula is C15H16O2S. The number of thioether (sulfide) groups is 1. The van der Waals surface area contributed by atoms with Gasteiger partial charge >= 0.3 is 5.97 Å². The number of benzene rings is 1. The first kappa shape index (κ1) is 13.0. The average molecular weight is 260 g/mol. The largest absolute Gasteiger partial charge is 0.480 e. The zero-order valence-electron chi connectivity index (χ0n) is 10.5. The molecule has 1 unspecified atom stereocenters. The van der Waals surface area contributed by atoms with E-state index in [4.69, 9.17) is 0 Å². The summed E-state index contributed by atoms with van der Waals surface area (Å²) in [7, 11) is 0. The zero-order valence-corrected chi connectivity index (χ0v) is 11.3. The summed E-state index contributed by atoms with van der Waals surface area (Å²) in [5, 5.41) is 9.37. The highest BCUT2D eigenvalue weighted by Gasteiger charge is 2.37. The van der Waals surface area contributed by atoms with Crippen LogP contribution in [0.3, 0.4) is 0 Å². The summed E-state index contributed by atoms with van der Waals surface area (Å²) in [5.74, 6) is -0.766. The second-order valence-corrected chi connectivity index (χ2v) is 5.61. The molecule has 0 saturated carbocycles. The van der Waals surface area contributed by atoms with Crippen LogP contribution in [0.1, 0.15) is 18.9 Å². The van der Waals surface area contributed by atoms with Crippen molar-refractivity contribution < 1.29 is 9.90 Å². The van der Waals surface area contributed by atoms with Gasteiger partial charge in [0.05, 0.1) is 0 Å². The fourth-order valence-corrected chi connectivity index (χ4v) is 2.98. The van der Waals surface area contributed by atoms with Crippen LogP contribution in [0.25, 0.3) is 5.57 Å². The third-order valence-corrected chi connectivity index (χ3v) is 4.50. The molecule has 94 valence electrons. The molecule has 1 aliphatic rings. The van der Waals surface area contributed by atoms with Crippen LogP contribution in [0.5, 0.6) is 0 Å². The van der Waals surface area contributed by atoms with Crippen LogP contribution >= 0.6 is 11.8 Å². The summed E-state index contributed by atoms with van der Waals surface area (Å²) in [6.45, 7) is 2.01. The highest BCUT2D eigenvalue weighted by atomic mass is 32.2. The molecule has 1 aromatic rings. The molecule has 2 nitrogen and oxygen atoms in total. The predicted molar refractivity (Wildman–Crippen MR) is 76.7 cm³/mol. The third-order valence-electron chi connectivity index (χ3n) is 3.32. The standard InChI is InChI=1S/C15H16O2S/c1-11-10-15(18-2,14(16)17)9-8-13(11)12-6-4-3-5-7-12/h3-9H,10H2,1-2H3,(H,16,17). The predicted octanol–water partition coefficient (Wildman–Crippen LogP) is 3.61. The van der Waals surface area contributed by atoms with Gasteiger partial charge in [-0.05, 0) is 30.7 Å². The molecule has 0 bridgehead atoms. The van der Waals surface area contributed by atoms with E-state index in [-0.39, 0.29) is 0 Å². The second-order valence-electron chi connectivity index (χ2n) is 4.47. The smallest absolute Gasteiger partial charge is 0.324 e. The number of hydrogen-bond acceptors (Lipinski definition) is 2. The van der Waals surface area contributed by atoms with Gasteiger partial charge in [0, 0.05) is 0 Å². The first-order valence-corrected chi connectivity index (χ1v) is 7.04. The highest BCUT2D eigenvalue weighted by Crippen LogP contribution is 2.39. The van der Waals surface area contributed by atoms with Crippen molar-refractivity contribution in [3.63, 3.8) is 0 Å². The molecule has 0 heterocycles. The Hall–Kier alpha value is -1.48. The summed E-state index contributed by atoms with van der Waals surface area (Å²) in [4.78, 5) is 11.4. The maximum atomic E-state index is 11.4. The molecule has 1 atom stereocenters. The van der Waals surface area contributed by atoms with Crippen LogP contribution in [0.4, 0.5) is 0 Å². The van der Waals surface area contributed by atoms with Crippen LogP contribution in [0.2, 0.25) is 0 Å². The Morgan fingerprint density at radius 2 is 2.00 bits per heavy atom. The van der Waals surface area contributed by atoms with Crippen LogP contribution < -0.4 is 0 Å². The van der Waals surface area contributed by atoms with Crippen LogP contribution in [-0.4, -0.2) is 22.1 Å². The number of rotatable bonds is 3. The first-order valence-electron chi connectivity index (χ1n) is 5.82. The van der Waals surface area contributed by atoms with E-state index in [2.05, 4.69) is 12.1 Å². The Morgan fingerprint density at radius 1 is 1.33 bits per heavy atom. The molecule has 0 amide bonds. The summed E-state index contributed by atoms with van der Waals surface area (Å²) in [6, 6.07) is 10.1. The van der Waals surface area contributed by atoms with Crippen molar-refractivity contribution in [2.75, 3.05) is 6.26 Å². The van der Waals surface area contributed by atoms with E-state index in [1.54, 1.807) is 0 Å². The Kier molecular flexibility index (Phi) is 3.62. The number of aliphatic carboxylic acids is 1. The van der Waals surface area contributed by atoms with Crippen molar-refractivity contribution in [2.24, 2.45) is 0 Å². The molecule has 0 fully saturated rings. The van der Waals surface area contributed by atoms with E-state index < -0.39 is 10.7 Å². The van der Waals surface area contributed by atoms with Crippen LogP contribution in [0, 0.1) is 0 Å². The lowest BCUT2D eigenvalue weighted by Gasteiger charge is -2.29. The van der Waals surface area contributed by atoms with Gasteiger partial charge in [-0.25, -0.2) is 0 Å². The molecule has 1 aromatic carbocycles. The third kappa shape index (κ3) is 2.23. The van der Waals surface area contributed by atoms with Crippen LogP contribution in [-0.2, 0) is 4.79 Å². The lowest BCUT2D eigenvalue weighted by atomic mass is 9.87. The maximum absolute atomic E-state index is 11.4. The number of carboxylic acid groups (broad SMARTS) is 1. The number of hydrogen-bond donors (Lipinski definition) is 1. The monoisotopic (exact) mass is 260 g/mol. The minimum Gasteiger partial charge on any atom is -0.480 e. The quantitative estimate of drug-likeness (QED) is 0.902. The van der Waals surface area contributed by atoms with Gasteiger partial charge in [-0.3, -0.25) is 4.79 Å². The van der Waals surface area contributed by atoms with E-state index in [1.165, 1.54) is 11.8 Å². The average Bonchev–Trinajstić information content (AvgIpc) is 2.39. The summed E-state index contributed by atoms with van der Waals surface area (Å²) in [5.41, 5.74) is 3.41. The molecule has 0 aromatic heterocycles. The molecule has 1 aliphatic carbocycles. The van der Waals surface area contributed by atoms with Crippen LogP contribution in [0.15, 0.2) is 48.1 Å². The Bertz CT molecular complexity index is 517. The number of carboxylic acids is 1. The normalized spacial score (nSPS) is 23.2. The Morgan fingerprint density at radius 3 is 2.50 bits per heavy atom. The molecule has 2 rings (SSSR count). The molecule has 0 saturated heterocycles. The molecule has 18 heavy (non-hydrogen) atoms. The minimum atomic E-state index is -0.803. The van der Waals surface area contributed by atoms with Gasteiger partial charge in [0.1, 0.15) is 4.75 Å². The Labute approximate surface area is 111 Å². The van der Waals surface area contributed by atoms with Crippen molar-refractivity contribution in [3.8, 4) is 0 Å². The lowest BCUT2D eigenvalue weighted by molar-refractivity contribution is -0.138. The van der Waals surface area contributed by atoms with Gasteiger partial charge < -0.3 is 5.11 Å². The van der Waals surface area contributed by atoms with Gasteiger partial charge in [0.15, 0.2) is 0 Å². The summed E-state index contributed by atoms with van der Waals surface area (Å²) < 4.78 is -0.803. The molecule has 0 aliphatic heterocycles. The topological polar surface area (TPSA) is 37.3 Å². The van der Waals surface area contributed by atoms with Gasteiger partial charge in [-0.15, -0.1) is 11.8 Å². The minimum absolute atomic E-state index is 0.560. The zero-order chi connectivity index (χ0) is 13.2. The van der Waals surface area contributed by atoms with E-state index in [0.29, 0.717) is 6.42 Å². The maximum Gasteiger partial charge on any atom is 0.324 e. The van der Waals surface area contributed by atoms with Gasteiger partial charge in [-0.1, -0.05) is 48.1 Å². The Balaban J connectivity index is 2.37. The number of allylic oxidation sites excluding steroid dienone is 3. The molecule has 0 spiro atoms. The molecular weight excluding hydrogens is 244 g/mol. The van der Waals surface area contributed by atoms with Crippen molar-refractivity contribution >= 4 is 23.3 Å². The molecule has 0 radical (unpaired) electrons. The van der Waals surface area contributed by atoms with E-state index in [9.17, 15) is 9.90 Å². The van der Waals surface area contributed by atoms with Gasteiger partial charge in [-0.2, -0.15) is 0 Å². The number of carbonyl (C=O) groups is 1. The van der Waals surface area contributed by atoms with E-state index >= 15 is 0 Å². The molecule has 3 heteroatoms. The van der Waals surface area contributed by atoms with Gasteiger partial charge in [0.25, 0.3) is 0 Å². The van der Waals surface area contributed by atoms with Crippen molar-refractivity contribution in [2.45, 2.75) is 18.1 Å². The first-order chi connectivity index (χ1) is 8.59. The second kappa shape index (κ2) is 5.02. The highest BCUT2D eigenvalue weighted by molar-refractivity contribution is 8.00. The van der Waals surface area contributed by atoms with Crippen molar-refractivity contribution in [1.82, 2.24) is 0 Å². The molecule has 1 N–H and O–H groups in total. The van der Waals surface area contributed by atoms with Crippen molar-refractivity contribution in [1.29, 1.82) is 0 Å². The van der Waals surface area contributed by atoms with E-state index in [1.807, 2.05) is 43.5 Å². The summed E-state index contributed by atoms with van der Waals surface area (Å²) >= 11 is 1.38. The van der Waals surface area contributed by atoms with Crippen molar-refractivity contribution in [3.05, 3.63) is 53.6 Å². The fourth-order valence-electron chi connectivity index (χ4n) is 2.24. The lowest BCUT2D eigenvalue weighted by Crippen LogP contribution is -2.34. The van der Waals surface area contributed by atoms with Gasteiger partial charge in [0.2, 0.25) is 0 Å². The summed E-state index contributed by atoms with van der Waals surface area (Å²) in [6.07, 6.45) is 6.16. The van der Waals surface area contributed by atoms with E-state index in [0.717, 1.165) is 16.7 Å².